The van der Waals surface area contributed by atoms with Crippen molar-refractivity contribution in [2.24, 2.45) is 10.8 Å². The number of para-hydroxylation sites is 2. The summed E-state index contributed by atoms with van der Waals surface area (Å²) in [6.45, 7) is 13.2. The van der Waals surface area contributed by atoms with Gasteiger partial charge in [-0.3, -0.25) is 0 Å². The van der Waals surface area contributed by atoms with Crippen LogP contribution in [0.15, 0.2) is 48.5 Å². The number of benzene rings is 2. The van der Waals surface area contributed by atoms with Crippen LogP contribution in [0.2, 0.25) is 0 Å². The van der Waals surface area contributed by atoms with Crippen LogP contribution in [-0.2, 0) is 4.74 Å². The third-order valence-electron chi connectivity index (χ3n) is 13.3. The SMILES string of the molecule is CC(C)(C)OC(=O)N1CC2(CCC(N3CCC(c4ccccc4OC(F)(F)F)CC3)C2)C1.FC(F)(F)Oc1ccccc1C1CCN(C2CCC3(CNC3)C2)CC1. The number of likely N-dealkylation sites (tertiary alicyclic amines) is 3. The molecule has 2 atom stereocenters. The maximum Gasteiger partial charge on any atom is 0.573 e. The maximum atomic E-state index is 12.8. The quantitative estimate of drug-likeness (QED) is 0.292. The first-order valence-corrected chi connectivity index (χ1v) is 20.7. The molecule has 4 heterocycles. The zero-order valence-electron chi connectivity index (χ0n) is 33.4. The summed E-state index contributed by atoms with van der Waals surface area (Å²) in [5, 5.41) is 3.40. The van der Waals surface area contributed by atoms with Gasteiger partial charge in [0.1, 0.15) is 17.1 Å². The molecule has 2 unspecified atom stereocenters. The Morgan fingerprint density at radius 1 is 0.649 bits per heavy atom. The fourth-order valence-corrected chi connectivity index (χ4v) is 10.5. The lowest BCUT2D eigenvalue weighted by Gasteiger charge is -2.48. The molecular formula is C43H58F6N4O4. The average Bonchev–Trinajstić information content (AvgIpc) is 3.77. The molecule has 2 aromatic rings. The smallest absolute Gasteiger partial charge is 0.444 e. The number of amides is 1. The topological polar surface area (TPSA) is 66.5 Å². The van der Waals surface area contributed by atoms with Crippen LogP contribution in [0.3, 0.4) is 0 Å². The molecule has 316 valence electrons. The number of carbonyl (C=O) groups excluding carboxylic acids is 1. The Kier molecular flexibility index (Phi) is 12.1. The number of carbonyl (C=O) groups is 1. The number of piperidine rings is 2. The van der Waals surface area contributed by atoms with Gasteiger partial charge in [-0.15, -0.1) is 26.3 Å². The molecule has 2 aromatic carbocycles. The maximum absolute atomic E-state index is 12.8. The molecule has 8 rings (SSSR count). The summed E-state index contributed by atoms with van der Waals surface area (Å²) in [7, 11) is 0. The van der Waals surface area contributed by atoms with E-state index >= 15 is 0 Å². The lowest BCUT2D eigenvalue weighted by atomic mass is 9.78. The van der Waals surface area contributed by atoms with Gasteiger partial charge in [-0.1, -0.05) is 36.4 Å². The lowest BCUT2D eigenvalue weighted by Crippen LogP contribution is -2.58. The van der Waals surface area contributed by atoms with Crippen molar-refractivity contribution < 1.29 is 45.3 Å². The first-order chi connectivity index (χ1) is 26.9. The number of halogens is 6. The molecule has 14 heteroatoms. The van der Waals surface area contributed by atoms with E-state index in [1.54, 1.807) is 41.3 Å². The Bertz CT molecular complexity index is 1670. The van der Waals surface area contributed by atoms with Gasteiger partial charge >= 0.3 is 18.8 Å². The van der Waals surface area contributed by atoms with Gasteiger partial charge in [-0.25, -0.2) is 4.79 Å². The standard InChI is InChI=1S/C24H33F3N2O3.C19H25F3N2O/c1-22(2,3)32-21(30)29-15-23(16-29)11-8-18(14-23)28-12-9-17(10-13-28)19-6-4-5-7-20(19)31-24(25,26)27;20-19(21,22)25-17-4-2-1-3-16(17)14-6-9-24(10-7-14)15-5-8-18(11-15)12-23-13-18/h4-7,17-18H,8-16H2,1-3H3;1-4,14-15,23H,5-13H2. The van der Waals surface area contributed by atoms with Crippen molar-refractivity contribution in [3.05, 3.63) is 59.7 Å². The van der Waals surface area contributed by atoms with Gasteiger partial charge in [0.25, 0.3) is 0 Å². The van der Waals surface area contributed by atoms with Crippen LogP contribution < -0.4 is 14.8 Å². The predicted molar refractivity (Wildman–Crippen MR) is 204 cm³/mol. The minimum atomic E-state index is -4.68. The molecule has 4 saturated heterocycles. The highest BCUT2D eigenvalue weighted by molar-refractivity contribution is 5.69. The first kappa shape index (κ1) is 41.9. The van der Waals surface area contributed by atoms with Gasteiger partial charge in [0.15, 0.2) is 0 Å². The van der Waals surface area contributed by atoms with Crippen LogP contribution >= 0.6 is 0 Å². The van der Waals surface area contributed by atoms with Gasteiger partial charge in [0.2, 0.25) is 0 Å². The Morgan fingerprint density at radius 2 is 1.07 bits per heavy atom. The number of rotatable bonds is 6. The summed E-state index contributed by atoms with van der Waals surface area (Å²) in [5.74, 6) is 0.117. The Morgan fingerprint density at radius 3 is 1.46 bits per heavy atom. The van der Waals surface area contributed by atoms with Crippen LogP contribution in [0.25, 0.3) is 0 Å². The first-order valence-electron chi connectivity index (χ1n) is 20.7. The minimum absolute atomic E-state index is 0.0335. The molecular weight excluding hydrogens is 750 g/mol. The summed E-state index contributed by atoms with van der Waals surface area (Å²) in [6, 6.07) is 14.3. The summed E-state index contributed by atoms with van der Waals surface area (Å²) in [5.41, 5.74) is 1.61. The van der Waals surface area contributed by atoms with Crippen LogP contribution in [0.4, 0.5) is 31.1 Å². The summed E-state index contributed by atoms with van der Waals surface area (Å²) in [4.78, 5) is 19.1. The molecule has 0 radical (unpaired) electrons. The third kappa shape index (κ3) is 10.5. The second-order valence-corrected chi connectivity index (χ2v) is 18.5. The summed E-state index contributed by atoms with van der Waals surface area (Å²) >= 11 is 0. The average molecular weight is 809 g/mol. The number of alkyl halides is 6. The zero-order valence-corrected chi connectivity index (χ0v) is 33.4. The van der Waals surface area contributed by atoms with Crippen molar-refractivity contribution in [2.45, 2.75) is 127 Å². The van der Waals surface area contributed by atoms with Crippen LogP contribution in [0.5, 0.6) is 11.5 Å². The number of nitrogens with one attached hydrogen (secondary N) is 1. The van der Waals surface area contributed by atoms with Crippen molar-refractivity contribution in [1.29, 1.82) is 0 Å². The van der Waals surface area contributed by atoms with Crippen molar-refractivity contribution >= 4 is 6.09 Å². The Labute approximate surface area is 332 Å². The predicted octanol–water partition coefficient (Wildman–Crippen LogP) is 9.46. The van der Waals surface area contributed by atoms with Crippen molar-refractivity contribution in [3.63, 3.8) is 0 Å². The van der Waals surface area contributed by atoms with Gasteiger partial charge < -0.3 is 34.2 Å². The number of nitrogens with zero attached hydrogens (tertiary/aromatic N) is 3. The van der Waals surface area contributed by atoms with E-state index in [2.05, 4.69) is 24.6 Å². The lowest BCUT2D eigenvalue weighted by molar-refractivity contribution is -0.276. The molecule has 1 N–H and O–H groups in total. The molecule has 0 aromatic heterocycles. The Balaban J connectivity index is 0.000000179. The van der Waals surface area contributed by atoms with E-state index in [9.17, 15) is 31.1 Å². The van der Waals surface area contributed by atoms with Crippen molar-refractivity contribution in [1.82, 2.24) is 20.0 Å². The highest BCUT2D eigenvalue weighted by Gasteiger charge is 2.52. The van der Waals surface area contributed by atoms with Crippen molar-refractivity contribution in [2.75, 3.05) is 52.4 Å². The van der Waals surface area contributed by atoms with Crippen molar-refractivity contribution in [3.8, 4) is 11.5 Å². The van der Waals surface area contributed by atoms with Gasteiger partial charge in [-0.05, 0) is 152 Å². The zero-order chi connectivity index (χ0) is 40.6. The molecule has 6 aliphatic rings. The summed E-state index contributed by atoms with van der Waals surface area (Å²) < 4.78 is 90.2. The molecule has 8 nitrogen and oxygen atoms in total. The number of hydrogen-bond acceptors (Lipinski definition) is 7. The fourth-order valence-electron chi connectivity index (χ4n) is 10.5. The molecule has 57 heavy (non-hydrogen) atoms. The summed E-state index contributed by atoms with van der Waals surface area (Å²) in [6.07, 6.45) is 1.07. The van der Waals surface area contributed by atoms with E-state index in [1.807, 2.05) is 20.8 Å². The molecule has 1 amide bonds. The van der Waals surface area contributed by atoms with E-state index in [0.717, 1.165) is 97.3 Å². The minimum Gasteiger partial charge on any atom is -0.444 e. The molecule has 2 saturated carbocycles. The molecule has 2 spiro atoms. The molecule has 6 fully saturated rings. The van der Waals surface area contributed by atoms with Crippen LogP contribution in [0, 0.1) is 10.8 Å². The Hall–Kier alpha value is -3.23. The monoisotopic (exact) mass is 808 g/mol. The highest BCUT2D eigenvalue weighted by Crippen LogP contribution is 2.49. The molecule has 4 aliphatic heterocycles. The van der Waals surface area contributed by atoms with E-state index in [1.165, 1.54) is 31.4 Å². The van der Waals surface area contributed by atoms with Gasteiger partial charge in [0.05, 0.1) is 0 Å². The number of hydrogen-bond donors (Lipinski definition) is 1. The van der Waals surface area contributed by atoms with Crippen LogP contribution in [0.1, 0.15) is 108 Å². The molecule has 0 bridgehead atoms. The van der Waals surface area contributed by atoms with E-state index < -0.39 is 18.3 Å². The second kappa shape index (κ2) is 16.4. The number of ether oxygens (including phenoxy) is 3. The normalized spacial score (nSPS) is 25.7. The van der Waals surface area contributed by atoms with E-state index in [4.69, 9.17) is 4.74 Å². The van der Waals surface area contributed by atoms with Gasteiger partial charge in [0, 0.05) is 43.7 Å². The fraction of sp³-hybridized carbons (Fsp3) is 0.698. The highest BCUT2D eigenvalue weighted by atomic mass is 19.4. The third-order valence-corrected chi connectivity index (χ3v) is 13.3. The van der Waals surface area contributed by atoms with E-state index in [-0.39, 0.29) is 34.8 Å². The largest absolute Gasteiger partial charge is 0.573 e. The second-order valence-electron chi connectivity index (χ2n) is 18.5. The van der Waals surface area contributed by atoms with E-state index in [0.29, 0.717) is 28.6 Å². The molecule has 2 aliphatic carbocycles. The van der Waals surface area contributed by atoms with Crippen LogP contribution in [-0.4, -0.2) is 104 Å². The van der Waals surface area contributed by atoms with Gasteiger partial charge in [-0.2, -0.15) is 0 Å².